The van der Waals surface area contributed by atoms with Crippen LogP contribution in [-0.4, -0.2) is 31.7 Å². The van der Waals surface area contributed by atoms with Crippen molar-refractivity contribution < 1.29 is 8.78 Å². The van der Waals surface area contributed by atoms with E-state index in [4.69, 9.17) is 23.2 Å². The van der Waals surface area contributed by atoms with Gasteiger partial charge in [0.05, 0.1) is 15.7 Å². The number of tetrazole rings is 1. The molecule has 1 aliphatic rings. The highest BCUT2D eigenvalue weighted by atomic mass is 35.5. The summed E-state index contributed by atoms with van der Waals surface area (Å²) in [6, 6.07) is 7.48. The zero-order chi connectivity index (χ0) is 20.4. The molecular weight excluding hydrogens is 423 g/mol. The van der Waals surface area contributed by atoms with Crippen molar-refractivity contribution in [3.63, 3.8) is 0 Å². The number of alkyl halides is 1. The molecule has 7 nitrogen and oxygen atoms in total. The smallest absolute Gasteiger partial charge is 0.248 e. The molecule has 0 bridgehead atoms. The van der Waals surface area contributed by atoms with E-state index >= 15 is 4.39 Å². The molecule has 2 N–H and O–H groups in total. The molecule has 0 radical (unpaired) electrons. The van der Waals surface area contributed by atoms with Gasteiger partial charge in [-0.3, -0.25) is 0 Å². The number of hydrogen-bond acceptors (Lipinski definition) is 6. The van der Waals surface area contributed by atoms with Crippen LogP contribution in [0.4, 0.5) is 14.7 Å². The average molecular weight is 436 g/mol. The number of rotatable bonds is 5. The SMILES string of the molecule is Fc1cc(C2(F)NC=CC=C2CNc2nnnn2-c2cccc(Cl)c2Cl)ccn1. The molecule has 29 heavy (non-hydrogen) atoms. The van der Waals surface area contributed by atoms with Gasteiger partial charge < -0.3 is 10.6 Å². The van der Waals surface area contributed by atoms with E-state index in [1.165, 1.54) is 23.1 Å². The fourth-order valence-corrected chi connectivity index (χ4v) is 3.27. The molecule has 2 aromatic heterocycles. The molecule has 1 unspecified atom stereocenters. The fourth-order valence-electron chi connectivity index (χ4n) is 2.89. The van der Waals surface area contributed by atoms with Gasteiger partial charge >= 0.3 is 0 Å². The quantitative estimate of drug-likeness (QED) is 0.468. The normalized spacial score (nSPS) is 18.3. The third-order valence-electron chi connectivity index (χ3n) is 4.31. The first-order valence-electron chi connectivity index (χ1n) is 8.40. The highest BCUT2D eigenvalue weighted by molar-refractivity contribution is 6.43. The van der Waals surface area contributed by atoms with Gasteiger partial charge in [0.25, 0.3) is 0 Å². The van der Waals surface area contributed by atoms with E-state index in [9.17, 15) is 4.39 Å². The van der Waals surface area contributed by atoms with Gasteiger partial charge in [-0.05, 0) is 40.9 Å². The topological polar surface area (TPSA) is 80.5 Å². The molecule has 4 rings (SSSR count). The summed E-state index contributed by atoms with van der Waals surface area (Å²) < 4.78 is 30.6. The van der Waals surface area contributed by atoms with Crippen LogP contribution < -0.4 is 10.6 Å². The predicted molar refractivity (Wildman–Crippen MR) is 105 cm³/mol. The number of anilines is 1. The lowest BCUT2D eigenvalue weighted by atomic mass is 9.94. The maximum absolute atomic E-state index is 15.8. The minimum absolute atomic E-state index is 0.0241. The first-order chi connectivity index (χ1) is 14.0. The predicted octanol–water partition coefficient (Wildman–Crippen LogP) is 3.78. The lowest BCUT2D eigenvalue weighted by Gasteiger charge is -2.31. The summed E-state index contributed by atoms with van der Waals surface area (Å²) in [6.07, 6.45) is 5.88. The number of halogens is 4. The molecule has 1 aromatic carbocycles. The third-order valence-corrected chi connectivity index (χ3v) is 5.12. The van der Waals surface area contributed by atoms with Crippen LogP contribution in [0.15, 0.2) is 60.5 Å². The van der Waals surface area contributed by atoms with Gasteiger partial charge in [-0.2, -0.15) is 9.07 Å². The summed E-state index contributed by atoms with van der Waals surface area (Å²) in [6.45, 7) is 0.0241. The van der Waals surface area contributed by atoms with Crippen molar-refractivity contribution in [2.45, 2.75) is 5.79 Å². The second kappa shape index (κ2) is 7.76. The van der Waals surface area contributed by atoms with Crippen LogP contribution in [-0.2, 0) is 5.79 Å². The second-order valence-corrected chi connectivity index (χ2v) is 6.85. The lowest BCUT2D eigenvalue weighted by molar-refractivity contribution is 0.180. The van der Waals surface area contributed by atoms with Gasteiger partial charge in [0.15, 0.2) is 0 Å². The third kappa shape index (κ3) is 3.66. The van der Waals surface area contributed by atoms with Crippen molar-refractivity contribution >= 4 is 29.2 Å². The van der Waals surface area contributed by atoms with E-state index in [1.54, 1.807) is 30.4 Å². The monoisotopic (exact) mass is 435 g/mol. The van der Waals surface area contributed by atoms with Gasteiger partial charge in [-0.1, -0.05) is 40.4 Å². The zero-order valence-corrected chi connectivity index (χ0v) is 16.2. The van der Waals surface area contributed by atoms with Crippen LogP contribution in [0.2, 0.25) is 10.0 Å². The maximum atomic E-state index is 15.8. The number of nitrogens with one attached hydrogen (secondary N) is 2. The Balaban J connectivity index is 1.61. The van der Waals surface area contributed by atoms with Gasteiger partial charge in [-0.15, -0.1) is 0 Å². The molecular formula is C18H13Cl2F2N7. The van der Waals surface area contributed by atoms with Gasteiger partial charge in [0.2, 0.25) is 17.7 Å². The van der Waals surface area contributed by atoms with E-state index in [2.05, 4.69) is 31.1 Å². The van der Waals surface area contributed by atoms with Crippen LogP contribution in [0.5, 0.6) is 0 Å². The Bertz CT molecular complexity index is 1120. The van der Waals surface area contributed by atoms with Crippen molar-refractivity contribution in [1.82, 2.24) is 30.5 Å². The van der Waals surface area contributed by atoms with Gasteiger partial charge in [0.1, 0.15) is 0 Å². The zero-order valence-electron chi connectivity index (χ0n) is 14.7. The summed E-state index contributed by atoms with van der Waals surface area (Å²) in [5.74, 6) is -2.67. The summed E-state index contributed by atoms with van der Waals surface area (Å²) in [5.41, 5.74) is 0.835. The van der Waals surface area contributed by atoms with E-state index in [1.807, 2.05) is 0 Å². The Morgan fingerprint density at radius 2 is 2.10 bits per heavy atom. The molecule has 1 aliphatic heterocycles. The number of hydrogen-bond donors (Lipinski definition) is 2. The van der Waals surface area contributed by atoms with Gasteiger partial charge in [-0.25, -0.2) is 9.37 Å². The van der Waals surface area contributed by atoms with Crippen molar-refractivity contribution in [3.8, 4) is 5.69 Å². The molecule has 3 heterocycles. The standard InChI is InChI=1S/C18H13Cl2F2N7/c19-13-4-1-5-14(16(13)20)29-17(26-27-28-29)24-10-12-3-2-7-25-18(12,22)11-6-8-23-15(21)9-11/h1-9,25H,10H2,(H,24,26,28). The van der Waals surface area contributed by atoms with E-state index in [0.717, 1.165) is 6.07 Å². The van der Waals surface area contributed by atoms with E-state index in [-0.39, 0.29) is 28.7 Å². The molecule has 3 aromatic rings. The highest BCUT2D eigenvalue weighted by Gasteiger charge is 2.37. The molecule has 148 valence electrons. The van der Waals surface area contributed by atoms with Crippen LogP contribution in [0.1, 0.15) is 5.56 Å². The number of allylic oxidation sites excluding steroid dienone is 2. The fraction of sp³-hybridized carbons (Fsp3) is 0.111. The molecule has 0 amide bonds. The first-order valence-corrected chi connectivity index (χ1v) is 9.16. The van der Waals surface area contributed by atoms with Crippen molar-refractivity contribution in [1.29, 1.82) is 0 Å². The number of pyridine rings is 1. The van der Waals surface area contributed by atoms with E-state index in [0.29, 0.717) is 10.7 Å². The highest BCUT2D eigenvalue weighted by Crippen LogP contribution is 2.34. The minimum atomic E-state index is -2.13. The Hall–Kier alpha value is -3.04. The van der Waals surface area contributed by atoms with Crippen LogP contribution in [0, 0.1) is 5.95 Å². The molecule has 0 saturated carbocycles. The maximum Gasteiger partial charge on any atom is 0.248 e. The van der Waals surface area contributed by atoms with Crippen molar-refractivity contribution in [3.05, 3.63) is 82.0 Å². The molecule has 0 aliphatic carbocycles. The summed E-state index contributed by atoms with van der Waals surface area (Å²) >= 11 is 12.3. The van der Waals surface area contributed by atoms with E-state index < -0.39 is 11.7 Å². The van der Waals surface area contributed by atoms with Crippen molar-refractivity contribution in [2.75, 3.05) is 11.9 Å². The molecule has 0 fully saturated rings. The van der Waals surface area contributed by atoms with Gasteiger partial charge in [0, 0.05) is 29.9 Å². The largest absolute Gasteiger partial charge is 0.352 e. The number of nitrogens with zero attached hydrogens (tertiary/aromatic N) is 5. The Labute approximate surface area is 174 Å². The minimum Gasteiger partial charge on any atom is -0.352 e. The van der Waals surface area contributed by atoms with Crippen LogP contribution >= 0.6 is 23.2 Å². The Morgan fingerprint density at radius 3 is 2.93 bits per heavy atom. The molecule has 0 saturated heterocycles. The van der Waals surface area contributed by atoms with Crippen molar-refractivity contribution in [2.24, 2.45) is 0 Å². The summed E-state index contributed by atoms with van der Waals surface area (Å²) in [4.78, 5) is 3.47. The summed E-state index contributed by atoms with van der Waals surface area (Å²) in [5, 5.41) is 17.7. The average Bonchev–Trinajstić information content (AvgIpc) is 3.18. The number of aromatic nitrogens is 5. The molecule has 11 heteroatoms. The Kier molecular flexibility index (Phi) is 5.16. The van der Waals surface area contributed by atoms with Crippen LogP contribution in [0.3, 0.4) is 0 Å². The van der Waals surface area contributed by atoms with Crippen LogP contribution in [0.25, 0.3) is 5.69 Å². The molecule has 0 spiro atoms. The Morgan fingerprint density at radius 1 is 1.24 bits per heavy atom. The second-order valence-electron chi connectivity index (χ2n) is 6.06. The summed E-state index contributed by atoms with van der Waals surface area (Å²) in [7, 11) is 0. The number of dihydropyridines is 1. The first kappa shape index (κ1) is 19.3. The molecule has 1 atom stereocenters. The lowest BCUT2D eigenvalue weighted by Crippen LogP contribution is -2.40. The number of benzene rings is 1.